The van der Waals surface area contributed by atoms with E-state index in [1.54, 1.807) is 63.4 Å². The van der Waals surface area contributed by atoms with Crippen LogP contribution in [0, 0.1) is 11.8 Å². The fourth-order valence-corrected chi connectivity index (χ4v) is 4.56. The van der Waals surface area contributed by atoms with Crippen molar-refractivity contribution in [3.8, 4) is 28.7 Å². The number of para-hydroxylation sites is 1. The maximum atomic E-state index is 13.5. The number of aromatic nitrogens is 4. The molecule has 3 heterocycles. The molecule has 222 valence electrons. The van der Waals surface area contributed by atoms with E-state index >= 15 is 0 Å². The molecule has 5 rings (SSSR count). The number of carbonyl (C=O) groups is 2. The molecule has 0 fully saturated rings. The van der Waals surface area contributed by atoms with Crippen molar-refractivity contribution in [2.45, 2.75) is 26.4 Å². The summed E-state index contributed by atoms with van der Waals surface area (Å²) in [6.45, 7) is 5.32. The Kier molecular flexibility index (Phi) is 8.17. The Balaban J connectivity index is 1.40. The fraction of sp³-hybridized carbons (Fsp3) is 0.182. The van der Waals surface area contributed by atoms with E-state index in [2.05, 4.69) is 32.4 Å². The number of benzene rings is 2. The topological polar surface area (TPSA) is 146 Å². The van der Waals surface area contributed by atoms with Gasteiger partial charge in [-0.2, -0.15) is 0 Å². The minimum atomic E-state index is -0.635. The van der Waals surface area contributed by atoms with Crippen molar-refractivity contribution >= 4 is 34.5 Å². The Morgan fingerprint density at radius 3 is 2.45 bits per heavy atom. The van der Waals surface area contributed by atoms with E-state index < -0.39 is 23.2 Å². The maximum Gasteiger partial charge on any atom is 0.408 e. The van der Waals surface area contributed by atoms with Gasteiger partial charge < -0.3 is 25.7 Å². The molecule has 11 heteroatoms. The standard InChI is InChI=1S/C33H31N7O4/c1-33(2,3)44-32(43)35-16-8-9-21-17-25(31(42)40(18-21)24-10-6-5-7-11-24)30(41)38-23-14-12-22(13-15-23)26-19-39(4)29-27(26)28(34)36-20-37-29/h5-7,10-15,17-20H,16H2,1-4H3,(H,35,43)(H,38,41)(H2,34,36,37). The summed E-state index contributed by atoms with van der Waals surface area (Å²) < 4.78 is 8.47. The van der Waals surface area contributed by atoms with Gasteiger partial charge in [0.15, 0.2) is 0 Å². The highest BCUT2D eigenvalue weighted by molar-refractivity contribution is 6.05. The number of amides is 2. The number of hydrogen-bond acceptors (Lipinski definition) is 7. The van der Waals surface area contributed by atoms with E-state index in [-0.39, 0.29) is 12.1 Å². The number of nitrogens with one attached hydrogen (secondary N) is 2. The predicted octanol–water partition coefficient (Wildman–Crippen LogP) is 4.50. The van der Waals surface area contributed by atoms with Gasteiger partial charge in [-0.1, -0.05) is 42.2 Å². The highest BCUT2D eigenvalue weighted by Crippen LogP contribution is 2.32. The lowest BCUT2D eigenvalue weighted by Gasteiger charge is -2.19. The number of anilines is 2. The third-order valence-corrected chi connectivity index (χ3v) is 6.49. The maximum absolute atomic E-state index is 13.5. The largest absolute Gasteiger partial charge is 0.444 e. The van der Waals surface area contributed by atoms with Crippen LogP contribution >= 0.6 is 0 Å². The summed E-state index contributed by atoms with van der Waals surface area (Å²) in [6, 6.07) is 17.5. The molecule has 5 aromatic rings. The number of fused-ring (bicyclic) bond motifs is 1. The average molecular weight is 590 g/mol. The van der Waals surface area contributed by atoms with Gasteiger partial charge in [0.2, 0.25) is 0 Å². The molecule has 0 radical (unpaired) electrons. The molecule has 0 atom stereocenters. The number of carbonyl (C=O) groups excluding carboxylic acids is 2. The number of aryl methyl sites for hydroxylation is 1. The van der Waals surface area contributed by atoms with Crippen molar-refractivity contribution < 1.29 is 14.3 Å². The van der Waals surface area contributed by atoms with E-state index in [0.717, 1.165) is 16.5 Å². The lowest BCUT2D eigenvalue weighted by atomic mass is 10.1. The summed E-state index contributed by atoms with van der Waals surface area (Å²) in [5, 5.41) is 6.13. The number of pyridine rings is 1. The van der Waals surface area contributed by atoms with Crippen LogP contribution < -0.4 is 21.9 Å². The van der Waals surface area contributed by atoms with Crippen LogP contribution in [-0.4, -0.2) is 43.2 Å². The Labute approximate surface area is 253 Å². The first-order chi connectivity index (χ1) is 21.0. The smallest absolute Gasteiger partial charge is 0.408 e. The highest BCUT2D eigenvalue weighted by atomic mass is 16.6. The van der Waals surface area contributed by atoms with Gasteiger partial charge in [0.1, 0.15) is 29.0 Å². The Morgan fingerprint density at radius 1 is 1.02 bits per heavy atom. The van der Waals surface area contributed by atoms with Crippen LogP contribution in [0.4, 0.5) is 16.3 Å². The summed E-state index contributed by atoms with van der Waals surface area (Å²) >= 11 is 0. The molecule has 0 saturated carbocycles. The van der Waals surface area contributed by atoms with Crippen LogP contribution in [0.5, 0.6) is 0 Å². The zero-order chi connectivity index (χ0) is 31.4. The van der Waals surface area contributed by atoms with Crippen LogP contribution in [0.2, 0.25) is 0 Å². The minimum absolute atomic E-state index is 0.0156. The summed E-state index contributed by atoms with van der Waals surface area (Å²) in [7, 11) is 1.88. The van der Waals surface area contributed by atoms with Crippen molar-refractivity contribution in [3.63, 3.8) is 0 Å². The highest BCUT2D eigenvalue weighted by Gasteiger charge is 2.18. The average Bonchev–Trinajstić information content (AvgIpc) is 3.33. The van der Waals surface area contributed by atoms with Gasteiger partial charge in [-0.15, -0.1) is 0 Å². The third kappa shape index (κ3) is 6.60. The zero-order valence-electron chi connectivity index (χ0n) is 24.7. The molecule has 0 spiro atoms. The van der Waals surface area contributed by atoms with Gasteiger partial charge in [-0.3, -0.25) is 14.2 Å². The second kappa shape index (κ2) is 12.1. The molecular formula is C33H31N7O4. The van der Waals surface area contributed by atoms with E-state index in [9.17, 15) is 14.4 Å². The van der Waals surface area contributed by atoms with Crippen molar-refractivity contribution in [2.75, 3.05) is 17.6 Å². The first-order valence-electron chi connectivity index (χ1n) is 13.8. The van der Waals surface area contributed by atoms with E-state index in [0.29, 0.717) is 28.4 Å². The van der Waals surface area contributed by atoms with Crippen molar-refractivity contribution in [1.82, 2.24) is 24.4 Å². The summed E-state index contributed by atoms with van der Waals surface area (Å²) in [6.07, 6.45) is 4.31. The number of nitrogens with zero attached hydrogens (tertiary/aromatic N) is 4. The van der Waals surface area contributed by atoms with Crippen LogP contribution in [0.1, 0.15) is 36.7 Å². The van der Waals surface area contributed by atoms with Crippen LogP contribution in [-0.2, 0) is 11.8 Å². The summed E-state index contributed by atoms with van der Waals surface area (Å²) in [5.41, 5.74) is 8.81. The molecule has 11 nitrogen and oxygen atoms in total. The molecule has 0 aliphatic heterocycles. The Morgan fingerprint density at radius 2 is 1.75 bits per heavy atom. The van der Waals surface area contributed by atoms with E-state index in [4.69, 9.17) is 10.5 Å². The molecule has 0 saturated heterocycles. The number of nitrogens with two attached hydrogens (primary N) is 1. The molecule has 2 aromatic carbocycles. The van der Waals surface area contributed by atoms with Crippen LogP contribution in [0.25, 0.3) is 27.8 Å². The molecule has 0 aliphatic rings. The number of ether oxygens (including phenoxy) is 1. The molecular weight excluding hydrogens is 558 g/mol. The van der Waals surface area contributed by atoms with Gasteiger partial charge in [0, 0.05) is 41.9 Å². The number of rotatable bonds is 5. The lowest BCUT2D eigenvalue weighted by Crippen LogP contribution is -2.32. The SMILES string of the molecule is Cn1cc(-c2ccc(NC(=O)c3cc(C#CCNC(=O)OC(C)(C)C)cn(-c4ccccc4)c3=O)cc2)c2c(N)ncnc21. The van der Waals surface area contributed by atoms with Gasteiger partial charge in [-0.25, -0.2) is 14.8 Å². The monoisotopic (exact) mass is 589 g/mol. The molecule has 3 aromatic heterocycles. The number of hydrogen-bond donors (Lipinski definition) is 3. The number of alkyl carbamates (subject to hydrolysis) is 1. The molecule has 0 unspecified atom stereocenters. The Bertz CT molecular complexity index is 1980. The van der Waals surface area contributed by atoms with Crippen molar-refractivity contribution in [1.29, 1.82) is 0 Å². The zero-order valence-corrected chi connectivity index (χ0v) is 24.7. The minimum Gasteiger partial charge on any atom is -0.444 e. The first kappa shape index (κ1) is 29.6. The second-order valence-corrected chi connectivity index (χ2v) is 11.0. The normalized spacial score (nSPS) is 11.0. The molecule has 0 bridgehead atoms. The quantitative estimate of drug-likeness (QED) is 0.256. The molecule has 2 amide bonds. The first-order valence-corrected chi connectivity index (χ1v) is 13.8. The molecule has 4 N–H and O–H groups in total. The van der Waals surface area contributed by atoms with Gasteiger partial charge in [0.25, 0.3) is 11.5 Å². The lowest BCUT2D eigenvalue weighted by molar-refractivity contribution is 0.0535. The number of nitrogen functional groups attached to an aromatic ring is 1. The van der Waals surface area contributed by atoms with E-state index in [1.807, 2.05) is 36.0 Å². The Hall–Kier alpha value is -5.89. The third-order valence-electron chi connectivity index (χ3n) is 6.49. The molecule has 0 aliphatic carbocycles. The van der Waals surface area contributed by atoms with Crippen molar-refractivity contribution in [2.24, 2.45) is 7.05 Å². The second-order valence-electron chi connectivity index (χ2n) is 11.0. The fourth-order valence-electron chi connectivity index (χ4n) is 4.56. The summed E-state index contributed by atoms with van der Waals surface area (Å²) in [4.78, 5) is 47.2. The predicted molar refractivity (Wildman–Crippen MR) is 169 cm³/mol. The van der Waals surface area contributed by atoms with Gasteiger partial charge >= 0.3 is 6.09 Å². The van der Waals surface area contributed by atoms with Crippen LogP contribution in [0.15, 0.2) is 84.2 Å². The van der Waals surface area contributed by atoms with Gasteiger partial charge in [0.05, 0.1) is 11.9 Å². The molecule has 44 heavy (non-hydrogen) atoms. The summed E-state index contributed by atoms with van der Waals surface area (Å²) in [5.74, 6) is 5.55. The van der Waals surface area contributed by atoms with Crippen molar-refractivity contribution in [3.05, 3.63) is 101 Å². The van der Waals surface area contributed by atoms with Crippen LogP contribution in [0.3, 0.4) is 0 Å². The van der Waals surface area contributed by atoms with E-state index in [1.165, 1.54) is 17.0 Å². The van der Waals surface area contributed by atoms with Gasteiger partial charge in [-0.05, 0) is 56.7 Å².